The molecule has 7 heteroatoms. The molecule has 2 heterocycles. The van der Waals surface area contributed by atoms with Crippen LogP contribution in [0.15, 0.2) is 10.7 Å². The summed E-state index contributed by atoms with van der Waals surface area (Å²) in [6.45, 7) is 2.50. The number of hydrogen-bond acceptors (Lipinski definition) is 6. The molecule has 1 atom stereocenters. The zero-order valence-electron chi connectivity index (χ0n) is 9.96. The molecule has 0 radical (unpaired) electrons. The second-order valence-corrected chi connectivity index (χ2v) is 3.93. The Morgan fingerprint density at radius 2 is 2.44 bits per heavy atom. The number of hydrogen-bond donors (Lipinski definition) is 1. The number of carbonyl (C=O) groups is 2. The maximum atomic E-state index is 11.4. The summed E-state index contributed by atoms with van der Waals surface area (Å²) in [5, 5.41) is 9.04. The minimum absolute atomic E-state index is 0.0582. The summed E-state index contributed by atoms with van der Waals surface area (Å²) in [6, 6.07) is -0.485. The minimum Gasteiger partial charge on any atom is -0.480 e. The van der Waals surface area contributed by atoms with Crippen LogP contribution in [0, 0.1) is 0 Å². The first-order valence-corrected chi connectivity index (χ1v) is 5.75. The van der Waals surface area contributed by atoms with Crippen molar-refractivity contribution in [2.24, 2.45) is 0 Å². The Bertz CT molecular complexity index is 456. The lowest BCUT2D eigenvalue weighted by molar-refractivity contribution is -0.138. The second-order valence-electron chi connectivity index (χ2n) is 3.93. The van der Waals surface area contributed by atoms with Crippen LogP contribution < -0.4 is 4.90 Å². The molecular formula is C11H14N2O5. The summed E-state index contributed by atoms with van der Waals surface area (Å²) >= 11 is 0. The topological polar surface area (TPSA) is 92.9 Å². The van der Waals surface area contributed by atoms with Gasteiger partial charge in [-0.05, 0) is 19.8 Å². The van der Waals surface area contributed by atoms with Crippen molar-refractivity contribution in [3.05, 3.63) is 12.0 Å². The van der Waals surface area contributed by atoms with E-state index in [0.29, 0.717) is 13.0 Å². The molecule has 0 bridgehead atoms. The average molecular weight is 254 g/mol. The van der Waals surface area contributed by atoms with Gasteiger partial charge in [0.25, 0.3) is 6.01 Å². The fourth-order valence-corrected chi connectivity index (χ4v) is 1.95. The molecule has 1 saturated heterocycles. The van der Waals surface area contributed by atoms with Crippen LogP contribution in [0.25, 0.3) is 0 Å². The van der Waals surface area contributed by atoms with Crippen LogP contribution in [0.2, 0.25) is 0 Å². The fraction of sp³-hybridized carbons (Fsp3) is 0.545. The number of carboxylic acid groups (broad SMARTS) is 1. The molecule has 1 aliphatic rings. The second kappa shape index (κ2) is 5.07. The largest absolute Gasteiger partial charge is 0.480 e. The van der Waals surface area contributed by atoms with Gasteiger partial charge in [-0.2, -0.15) is 4.98 Å². The number of anilines is 1. The highest BCUT2D eigenvalue weighted by Gasteiger charge is 2.33. The van der Waals surface area contributed by atoms with E-state index in [-0.39, 0.29) is 18.3 Å². The van der Waals surface area contributed by atoms with E-state index in [9.17, 15) is 9.59 Å². The molecule has 0 amide bonds. The SMILES string of the molecule is CCOC(=O)c1coc(N2CCCC2C(=O)O)n1. The molecule has 1 N–H and O–H groups in total. The van der Waals surface area contributed by atoms with E-state index >= 15 is 0 Å². The third kappa shape index (κ3) is 2.29. The van der Waals surface area contributed by atoms with Crippen LogP contribution in [0.5, 0.6) is 0 Å². The summed E-state index contributed by atoms with van der Waals surface area (Å²) in [6.07, 6.45) is 2.49. The maximum absolute atomic E-state index is 11.4. The zero-order chi connectivity index (χ0) is 13.1. The number of ether oxygens (including phenoxy) is 1. The van der Waals surface area contributed by atoms with Gasteiger partial charge in [0.05, 0.1) is 6.61 Å². The van der Waals surface area contributed by atoms with Crippen LogP contribution >= 0.6 is 0 Å². The van der Waals surface area contributed by atoms with Crippen molar-refractivity contribution in [1.82, 2.24) is 4.98 Å². The van der Waals surface area contributed by atoms with Crippen LogP contribution in [-0.2, 0) is 9.53 Å². The first-order valence-electron chi connectivity index (χ1n) is 5.75. The summed E-state index contributed by atoms with van der Waals surface area (Å²) in [5.74, 6) is -1.48. The Morgan fingerprint density at radius 3 is 3.11 bits per heavy atom. The predicted molar refractivity (Wildman–Crippen MR) is 60.5 cm³/mol. The number of nitrogens with zero attached hydrogens (tertiary/aromatic N) is 2. The molecular weight excluding hydrogens is 240 g/mol. The van der Waals surface area contributed by atoms with Crippen molar-refractivity contribution in [2.75, 3.05) is 18.1 Å². The van der Waals surface area contributed by atoms with E-state index in [1.807, 2.05) is 0 Å². The van der Waals surface area contributed by atoms with Crippen molar-refractivity contribution in [2.45, 2.75) is 25.8 Å². The normalized spacial score (nSPS) is 18.9. The van der Waals surface area contributed by atoms with E-state index in [0.717, 1.165) is 6.42 Å². The van der Waals surface area contributed by atoms with Crippen LogP contribution in [0.1, 0.15) is 30.3 Å². The lowest BCUT2D eigenvalue weighted by atomic mass is 10.2. The average Bonchev–Trinajstić information content (AvgIpc) is 2.98. The molecule has 98 valence electrons. The van der Waals surface area contributed by atoms with Gasteiger partial charge >= 0.3 is 11.9 Å². The quantitative estimate of drug-likeness (QED) is 0.798. The highest BCUT2D eigenvalue weighted by atomic mass is 16.5. The Balaban J connectivity index is 2.14. The summed E-state index contributed by atoms with van der Waals surface area (Å²) in [7, 11) is 0. The Labute approximate surface area is 103 Å². The molecule has 18 heavy (non-hydrogen) atoms. The molecule has 1 aromatic heterocycles. The monoisotopic (exact) mass is 254 g/mol. The molecule has 2 rings (SSSR count). The van der Waals surface area contributed by atoms with E-state index in [4.69, 9.17) is 14.3 Å². The maximum Gasteiger partial charge on any atom is 0.360 e. The summed E-state index contributed by atoms with van der Waals surface area (Å²) in [5.41, 5.74) is 0.0582. The van der Waals surface area contributed by atoms with Gasteiger partial charge < -0.3 is 19.2 Å². The molecule has 1 unspecified atom stereocenters. The van der Waals surface area contributed by atoms with Gasteiger partial charge in [-0.25, -0.2) is 9.59 Å². The number of carbonyl (C=O) groups excluding carboxylic acids is 1. The summed E-state index contributed by atoms with van der Waals surface area (Å²) < 4.78 is 9.93. The van der Waals surface area contributed by atoms with Gasteiger partial charge in [0.15, 0.2) is 5.69 Å². The highest BCUT2D eigenvalue weighted by Crippen LogP contribution is 2.25. The van der Waals surface area contributed by atoms with Crippen molar-refractivity contribution in [3.8, 4) is 0 Å². The lowest BCUT2D eigenvalue weighted by Gasteiger charge is -2.18. The highest BCUT2D eigenvalue weighted by molar-refractivity contribution is 5.87. The molecule has 0 saturated carbocycles. The number of aliphatic carboxylic acids is 1. The van der Waals surface area contributed by atoms with Gasteiger partial charge in [0, 0.05) is 6.54 Å². The van der Waals surface area contributed by atoms with Crippen molar-refractivity contribution in [1.29, 1.82) is 0 Å². The number of aromatic nitrogens is 1. The fourth-order valence-electron chi connectivity index (χ4n) is 1.95. The van der Waals surface area contributed by atoms with Gasteiger partial charge in [0.2, 0.25) is 0 Å². The first-order chi connectivity index (χ1) is 8.63. The molecule has 0 aromatic carbocycles. The number of carboxylic acids is 1. The van der Waals surface area contributed by atoms with Crippen molar-refractivity contribution < 1.29 is 23.8 Å². The van der Waals surface area contributed by atoms with Crippen LogP contribution in [-0.4, -0.2) is 41.2 Å². The van der Waals surface area contributed by atoms with E-state index < -0.39 is 18.0 Å². The lowest BCUT2D eigenvalue weighted by Crippen LogP contribution is -2.36. The van der Waals surface area contributed by atoms with Crippen LogP contribution in [0.4, 0.5) is 6.01 Å². The Morgan fingerprint density at radius 1 is 1.67 bits per heavy atom. The smallest absolute Gasteiger partial charge is 0.360 e. The predicted octanol–water partition coefficient (Wildman–Crippen LogP) is 0.905. The Kier molecular flexibility index (Phi) is 3.50. The Hall–Kier alpha value is -2.05. The van der Waals surface area contributed by atoms with Gasteiger partial charge in [-0.15, -0.1) is 0 Å². The standard InChI is InChI=1S/C11H14N2O5/c1-2-17-10(16)7-6-18-11(12-7)13-5-3-4-8(13)9(14)15/h6,8H,2-5H2,1H3,(H,14,15). The molecule has 1 fully saturated rings. The minimum atomic E-state index is -0.914. The number of esters is 1. The third-order valence-electron chi connectivity index (χ3n) is 2.76. The molecule has 0 aliphatic carbocycles. The van der Waals surface area contributed by atoms with Crippen molar-refractivity contribution in [3.63, 3.8) is 0 Å². The van der Waals surface area contributed by atoms with E-state index in [1.54, 1.807) is 11.8 Å². The number of rotatable bonds is 4. The molecule has 1 aromatic rings. The number of oxazole rings is 1. The van der Waals surface area contributed by atoms with Gasteiger partial charge in [0.1, 0.15) is 12.3 Å². The van der Waals surface area contributed by atoms with Gasteiger partial charge in [-0.3, -0.25) is 0 Å². The van der Waals surface area contributed by atoms with Gasteiger partial charge in [-0.1, -0.05) is 0 Å². The zero-order valence-corrected chi connectivity index (χ0v) is 9.96. The van der Waals surface area contributed by atoms with E-state index in [1.165, 1.54) is 6.26 Å². The molecule has 7 nitrogen and oxygen atoms in total. The molecule has 1 aliphatic heterocycles. The van der Waals surface area contributed by atoms with Crippen molar-refractivity contribution >= 4 is 18.0 Å². The summed E-state index contributed by atoms with van der Waals surface area (Å²) in [4.78, 5) is 27.9. The van der Waals surface area contributed by atoms with E-state index in [2.05, 4.69) is 4.98 Å². The van der Waals surface area contributed by atoms with Crippen LogP contribution in [0.3, 0.4) is 0 Å². The third-order valence-corrected chi connectivity index (χ3v) is 2.76. The molecule has 0 spiro atoms. The first kappa shape index (κ1) is 12.4.